The van der Waals surface area contributed by atoms with Crippen molar-refractivity contribution < 1.29 is 23.8 Å². The molecule has 0 spiro atoms. The maximum atomic E-state index is 12.3. The number of benzene rings is 2. The third-order valence-corrected chi connectivity index (χ3v) is 5.14. The number of ether oxygens (including phenoxy) is 3. The highest BCUT2D eigenvalue weighted by atomic mass is 32.1. The van der Waals surface area contributed by atoms with Crippen LogP contribution in [0.5, 0.6) is 11.5 Å². The minimum absolute atomic E-state index is 0.00331. The van der Waals surface area contributed by atoms with E-state index >= 15 is 0 Å². The predicted molar refractivity (Wildman–Crippen MR) is 108 cm³/mol. The Morgan fingerprint density at radius 3 is 2.79 bits per heavy atom. The molecular formula is C21H18N2O5S. The summed E-state index contributed by atoms with van der Waals surface area (Å²) in [7, 11) is 0. The Kier molecular flexibility index (Phi) is 5.18. The smallest absolute Gasteiger partial charge is 0.338 e. The number of amides is 1. The summed E-state index contributed by atoms with van der Waals surface area (Å²) in [6.07, 6.45) is 0. The lowest BCUT2D eigenvalue weighted by atomic mass is 10.2. The summed E-state index contributed by atoms with van der Waals surface area (Å²) in [5, 5.41) is 2.30. The number of thiazole rings is 1. The molecule has 0 saturated carbocycles. The zero-order valence-electron chi connectivity index (χ0n) is 15.9. The molecule has 1 aliphatic rings. The topological polar surface area (TPSA) is 78.0 Å². The molecule has 8 heteroatoms. The maximum absolute atomic E-state index is 12.3. The third kappa shape index (κ3) is 4.07. The molecule has 0 fully saturated rings. The van der Waals surface area contributed by atoms with E-state index in [1.807, 2.05) is 31.2 Å². The van der Waals surface area contributed by atoms with Crippen molar-refractivity contribution in [1.82, 2.24) is 4.98 Å². The number of esters is 1. The number of aromatic nitrogens is 1. The van der Waals surface area contributed by atoms with E-state index < -0.39 is 5.97 Å². The van der Waals surface area contributed by atoms with Crippen LogP contribution in [0.3, 0.4) is 0 Å². The van der Waals surface area contributed by atoms with Crippen LogP contribution < -0.4 is 14.4 Å². The van der Waals surface area contributed by atoms with Crippen molar-refractivity contribution in [2.75, 3.05) is 11.7 Å². The van der Waals surface area contributed by atoms with Crippen molar-refractivity contribution in [2.45, 2.75) is 20.5 Å². The standard InChI is InChI=1S/C21H18N2O5S/c1-13-4-3-5-17(8-13)23(14(2)24)21-22-16(11-29-21)10-26-20(25)15-6-7-18-19(9-15)28-12-27-18/h3-9,11H,10,12H2,1-2H3. The van der Waals surface area contributed by atoms with Crippen molar-refractivity contribution in [3.8, 4) is 11.5 Å². The van der Waals surface area contributed by atoms with E-state index in [1.54, 1.807) is 28.5 Å². The lowest BCUT2D eigenvalue weighted by Gasteiger charge is -2.18. The molecule has 4 rings (SSSR count). The maximum Gasteiger partial charge on any atom is 0.338 e. The number of fused-ring (bicyclic) bond motifs is 1. The van der Waals surface area contributed by atoms with Crippen LogP contribution in [0.15, 0.2) is 47.8 Å². The molecule has 0 N–H and O–H groups in total. The van der Waals surface area contributed by atoms with E-state index in [0.29, 0.717) is 27.9 Å². The van der Waals surface area contributed by atoms with Crippen LogP contribution in [0.25, 0.3) is 0 Å². The fourth-order valence-corrected chi connectivity index (χ4v) is 3.78. The molecule has 0 unspecified atom stereocenters. The number of aryl methyl sites for hydroxylation is 1. The van der Waals surface area contributed by atoms with Gasteiger partial charge in [0.25, 0.3) is 0 Å². The van der Waals surface area contributed by atoms with Gasteiger partial charge < -0.3 is 14.2 Å². The summed E-state index contributed by atoms with van der Waals surface area (Å²) in [6.45, 7) is 3.60. The second kappa shape index (κ2) is 7.92. The number of hydrogen-bond acceptors (Lipinski definition) is 7. The molecule has 29 heavy (non-hydrogen) atoms. The van der Waals surface area contributed by atoms with Crippen LogP contribution in [0.4, 0.5) is 10.8 Å². The highest BCUT2D eigenvalue weighted by molar-refractivity contribution is 7.14. The van der Waals surface area contributed by atoms with Crippen molar-refractivity contribution >= 4 is 34.0 Å². The summed E-state index contributed by atoms with van der Waals surface area (Å²) >= 11 is 1.32. The van der Waals surface area contributed by atoms with Crippen molar-refractivity contribution in [3.63, 3.8) is 0 Å². The van der Waals surface area contributed by atoms with Crippen LogP contribution in [0.2, 0.25) is 0 Å². The minimum Gasteiger partial charge on any atom is -0.456 e. The van der Waals surface area contributed by atoms with Gasteiger partial charge in [-0.3, -0.25) is 9.69 Å². The number of rotatable bonds is 5. The fraction of sp³-hybridized carbons (Fsp3) is 0.190. The van der Waals surface area contributed by atoms with Gasteiger partial charge in [-0.25, -0.2) is 9.78 Å². The first-order chi connectivity index (χ1) is 14.0. The van der Waals surface area contributed by atoms with E-state index in [4.69, 9.17) is 14.2 Å². The molecule has 2 aromatic carbocycles. The van der Waals surface area contributed by atoms with Gasteiger partial charge in [0, 0.05) is 12.3 Å². The van der Waals surface area contributed by atoms with Gasteiger partial charge in [0.15, 0.2) is 16.6 Å². The van der Waals surface area contributed by atoms with Crippen LogP contribution in [-0.4, -0.2) is 23.7 Å². The van der Waals surface area contributed by atoms with Crippen LogP contribution >= 0.6 is 11.3 Å². The number of nitrogens with zero attached hydrogens (tertiary/aromatic N) is 2. The second-order valence-electron chi connectivity index (χ2n) is 6.46. The average Bonchev–Trinajstić information content (AvgIpc) is 3.35. The van der Waals surface area contributed by atoms with Gasteiger partial charge in [0.2, 0.25) is 12.7 Å². The van der Waals surface area contributed by atoms with Gasteiger partial charge in [-0.1, -0.05) is 12.1 Å². The molecule has 1 aliphatic heterocycles. The molecule has 0 aliphatic carbocycles. The molecule has 0 atom stereocenters. The number of carbonyl (C=O) groups is 2. The summed E-state index contributed by atoms with van der Waals surface area (Å²) in [5.41, 5.74) is 2.73. The Labute approximate surface area is 171 Å². The molecule has 1 aromatic heterocycles. The fourth-order valence-electron chi connectivity index (χ4n) is 2.91. The van der Waals surface area contributed by atoms with Crippen LogP contribution in [-0.2, 0) is 16.1 Å². The van der Waals surface area contributed by atoms with Gasteiger partial charge in [-0.05, 0) is 42.8 Å². The molecule has 0 bridgehead atoms. The Morgan fingerprint density at radius 2 is 2.00 bits per heavy atom. The molecule has 3 aromatic rings. The van der Waals surface area contributed by atoms with Gasteiger partial charge in [0.1, 0.15) is 6.61 Å². The van der Waals surface area contributed by atoms with E-state index in [2.05, 4.69) is 4.98 Å². The van der Waals surface area contributed by atoms with Crippen molar-refractivity contribution in [1.29, 1.82) is 0 Å². The van der Waals surface area contributed by atoms with Gasteiger partial charge >= 0.3 is 5.97 Å². The lowest BCUT2D eigenvalue weighted by Crippen LogP contribution is -2.22. The Balaban J connectivity index is 1.46. The van der Waals surface area contributed by atoms with Gasteiger partial charge in [0.05, 0.1) is 16.9 Å². The van der Waals surface area contributed by atoms with E-state index in [-0.39, 0.29) is 19.3 Å². The summed E-state index contributed by atoms with van der Waals surface area (Å²) in [4.78, 5) is 30.5. The first kappa shape index (κ1) is 18.9. The molecule has 0 saturated heterocycles. The Hall–Kier alpha value is -3.39. The normalized spacial score (nSPS) is 11.9. The quantitative estimate of drug-likeness (QED) is 0.586. The molecular weight excluding hydrogens is 392 g/mol. The number of hydrogen-bond donors (Lipinski definition) is 0. The Morgan fingerprint density at radius 1 is 1.17 bits per heavy atom. The predicted octanol–water partition coefficient (Wildman–Crippen LogP) is 4.22. The van der Waals surface area contributed by atoms with Gasteiger partial charge in [-0.2, -0.15) is 0 Å². The largest absolute Gasteiger partial charge is 0.456 e. The average molecular weight is 410 g/mol. The van der Waals surface area contributed by atoms with E-state index in [1.165, 1.54) is 18.3 Å². The van der Waals surface area contributed by atoms with Gasteiger partial charge in [-0.15, -0.1) is 11.3 Å². The summed E-state index contributed by atoms with van der Waals surface area (Å²) < 4.78 is 15.9. The molecule has 7 nitrogen and oxygen atoms in total. The van der Waals surface area contributed by atoms with Crippen LogP contribution in [0, 0.1) is 6.92 Å². The molecule has 148 valence electrons. The van der Waals surface area contributed by atoms with Crippen molar-refractivity contribution in [2.24, 2.45) is 0 Å². The van der Waals surface area contributed by atoms with E-state index in [0.717, 1.165) is 11.3 Å². The van der Waals surface area contributed by atoms with Crippen molar-refractivity contribution in [3.05, 3.63) is 64.7 Å². The zero-order chi connectivity index (χ0) is 20.4. The number of anilines is 2. The SMILES string of the molecule is CC(=O)N(c1cccc(C)c1)c1nc(COC(=O)c2ccc3c(c2)OCO3)cs1. The highest BCUT2D eigenvalue weighted by Crippen LogP contribution is 2.33. The Bertz CT molecular complexity index is 1080. The first-order valence-electron chi connectivity index (χ1n) is 8.90. The van der Waals surface area contributed by atoms with E-state index in [9.17, 15) is 9.59 Å². The molecule has 2 heterocycles. The minimum atomic E-state index is -0.486. The summed E-state index contributed by atoms with van der Waals surface area (Å²) in [5.74, 6) is 0.491. The first-order valence-corrected chi connectivity index (χ1v) is 9.78. The monoisotopic (exact) mass is 410 g/mol. The molecule has 0 radical (unpaired) electrons. The lowest BCUT2D eigenvalue weighted by molar-refractivity contribution is -0.115. The third-order valence-electron chi connectivity index (χ3n) is 4.27. The second-order valence-corrected chi connectivity index (χ2v) is 7.30. The van der Waals surface area contributed by atoms with Crippen LogP contribution in [0.1, 0.15) is 28.5 Å². The zero-order valence-corrected chi connectivity index (χ0v) is 16.7. The number of carbonyl (C=O) groups excluding carboxylic acids is 2. The summed E-state index contributed by atoms with van der Waals surface area (Å²) in [6, 6.07) is 12.5. The highest BCUT2D eigenvalue weighted by Gasteiger charge is 2.20. The molecule has 1 amide bonds.